The Morgan fingerprint density at radius 3 is 2.17 bits per heavy atom. The SMILES string of the molecule is CC[C@H]1/C=C(\C)[C@@H](O)C/C=C/C=C(\CO[C@@H]2O[C@H](C)[C@@H](OC(=O)c3c(C)c(Cl)c(O)c(Cl)c3O)[C@H](O)[C@@H]2OC)C(=O)O[C@H](C(C)=O)C/C=C(C)/C=C(\C)[C@@H]1O[C@@H]1OC(C)(C)[C@@H](OC(=O)C(C)C)[C@H](O)[C@@H]1O. The minimum atomic E-state index is -1.62. The Labute approximate surface area is 424 Å². The number of methoxy groups -OCH3 is 1. The number of benzene rings is 1. The van der Waals surface area contributed by atoms with E-state index in [1.165, 1.54) is 40.0 Å². The molecule has 20 heteroatoms. The van der Waals surface area contributed by atoms with Gasteiger partial charge in [-0.2, -0.15) is 0 Å². The number of hydrogen-bond acceptors (Lipinski definition) is 18. The first kappa shape index (κ1) is 59.4. The highest BCUT2D eigenvalue weighted by Gasteiger charge is 2.53. The van der Waals surface area contributed by atoms with Gasteiger partial charge in [0.2, 0.25) is 0 Å². The number of hydrogen-bond donors (Lipinski definition) is 6. The molecule has 396 valence electrons. The van der Waals surface area contributed by atoms with Gasteiger partial charge in [0.15, 0.2) is 48.2 Å². The maximum Gasteiger partial charge on any atom is 0.342 e. The van der Waals surface area contributed by atoms with Gasteiger partial charge >= 0.3 is 17.9 Å². The number of phenolic OH excluding ortho intramolecular Hbond substituents is 2. The van der Waals surface area contributed by atoms with Gasteiger partial charge in [-0.3, -0.25) is 9.59 Å². The lowest BCUT2D eigenvalue weighted by Gasteiger charge is -2.47. The van der Waals surface area contributed by atoms with Crippen molar-refractivity contribution >= 4 is 46.9 Å². The third-order valence-corrected chi connectivity index (χ3v) is 13.5. The minimum absolute atomic E-state index is 0.0307. The van der Waals surface area contributed by atoms with E-state index in [2.05, 4.69) is 0 Å². The van der Waals surface area contributed by atoms with E-state index >= 15 is 0 Å². The molecule has 0 saturated carbocycles. The molecule has 2 fully saturated rings. The van der Waals surface area contributed by atoms with Gasteiger partial charge in [-0.05, 0) is 91.0 Å². The molecular formula is C51H70Cl2O18. The molecule has 4 rings (SSSR count). The molecule has 18 nitrogen and oxygen atoms in total. The highest BCUT2D eigenvalue weighted by molar-refractivity contribution is 6.39. The van der Waals surface area contributed by atoms with Crippen molar-refractivity contribution < 1.29 is 87.7 Å². The number of cyclic esters (lactones) is 1. The first-order valence-corrected chi connectivity index (χ1v) is 24.2. The van der Waals surface area contributed by atoms with Crippen LogP contribution in [0.1, 0.15) is 104 Å². The van der Waals surface area contributed by atoms with Crippen LogP contribution in [-0.4, -0.2) is 147 Å². The van der Waals surface area contributed by atoms with E-state index in [9.17, 15) is 49.8 Å². The van der Waals surface area contributed by atoms with Crippen LogP contribution in [0.4, 0.5) is 0 Å². The molecule has 3 heterocycles. The molecule has 0 bridgehead atoms. The van der Waals surface area contributed by atoms with Gasteiger partial charge in [0.1, 0.15) is 40.6 Å². The lowest BCUT2D eigenvalue weighted by molar-refractivity contribution is -0.333. The molecule has 0 aliphatic carbocycles. The fraction of sp³-hybridized carbons (Fsp3) is 0.608. The number of allylic oxidation sites excluding steroid dienone is 4. The number of esters is 3. The van der Waals surface area contributed by atoms with Crippen LogP contribution in [0, 0.1) is 18.8 Å². The molecule has 1 aromatic rings. The highest BCUT2D eigenvalue weighted by Crippen LogP contribution is 2.44. The summed E-state index contributed by atoms with van der Waals surface area (Å²) in [4.78, 5) is 52.7. The maximum atomic E-state index is 13.9. The Morgan fingerprint density at radius 1 is 0.901 bits per heavy atom. The van der Waals surface area contributed by atoms with Crippen molar-refractivity contribution in [1.29, 1.82) is 0 Å². The summed E-state index contributed by atoms with van der Waals surface area (Å²) in [6, 6.07) is 0. The van der Waals surface area contributed by atoms with Crippen molar-refractivity contribution in [2.75, 3.05) is 13.7 Å². The summed E-state index contributed by atoms with van der Waals surface area (Å²) >= 11 is 12.1. The van der Waals surface area contributed by atoms with Crippen LogP contribution in [0.5, 0.6) is 11.5 Å². The summed E-state index contributed by atoms with van der Waals surface area (Å²) in [5.74, 6) is -5.40. The van der Waals surface area contributed by atoms with Crippen LogP contribution >= 0.6 is 23.2 Å². The van der Waals surface area contributed by atoms with E-state index in [1.807, 2.05) is 26.0 Å². The second kappa shape index (κ2) is 25.7. The molecule has 13 atom stereocenters. The van der Waals surface area contributed by atoms with Crippen molar-refractivity contribution in [1.82, 2.24) is 0 Å². The largest absolute Gasteiger partial charge is 0.505 e. The number of carbonyl (C=O) groups excluding carboxylic acids is 4. The zero-order chi connectivity index (χ0) is 53.4. The molecular weight excluding hydrogens is 971 g/mol. The number of carbonyl (C=O) groups is 4. The van der Waals surface area contributed by atoms with Gasteiger partial charge in [-0.15, -0.1) is 0 Å². The van der Waals surface area contributed by atoms with Crippen molar-refractivity contribution in [3.05, 3.63) is 79.9 Å². The highest BCUT2D eigenvalue weighted by atomic mass is 35.5. The molecule has 0 spiro atoms. The van der Waals surface area contributed by atoms with Crippen LogP contribution in [0.3, 0.4) is 0 Å². The summed E-state index contributed by atoms with van der Waals surface area (Å²) < 4.78 is 47.2. The normalized spacial score (nSPS) is 34.6. The van der Waals surface area contributed by atoms with E-state index < -0.39 is 143 Å². The fourth-order valence-electron chi connectivity index (χ4n) is 8.30. The maximum absolute atomic E-state index is 13.9. The Bertz CT molecular complexity index is 2220. The van der Waals surface area contributed by atoms with Crippen molar-refractivity contribution in [3.63, 3.8) is 0 Å². The Hall–Kier alpha value is -4.18. The molecule has 0 unspecified atom stereocenters. The second-order valence-electron chi connectivity index (χ2n) is 19.0. The molecule has 2 saturated heterocycles. The number of rotatable bonds is 12. The van der Waals surface area contributed by atoms with Crippen LogP contribution in [0.2, 0.25) is 10.0 Å². The summed E-state index contributed by atoms with van der Waals surface area (Å²) in [6.45, 7) is 17.4. The van der Waals surface area contributed by atoms with E-state index in [0.717, 1.165) is 0 Å². The third kappa shape index (κ3) is 14.5. The van der Waals surface area contributed by atoms with Crippen LogP contribution in [0.15, 0.2) is 58.7 Å². The molecule has 0 aromatic heterocycles. The smallest absolute Gasteiger partial charge is 0.342 e. The van der Waals surface area contributed by atoms with E-state index in [0.29, 0.717) is 23.1 Å². The van der Waals surface area contributed by atoms with Gasteiger partial charge in [-0.1, -0.05) is 79.9 Å². The summed E-state index contributed by atoms with van der Waals surface area (Å²) in [7, 11) is 1.25. The monoisotopic (exact) mass is 1040 g/mol. The number of aliphatic hydroxyl groups is 4. The summed E-state index contributed by atoms with van der Waals surface area (Å²) in [5, 5.41) is 65.2. The zero-order valence-corrected chi connectivity index (χ0v) is 43.7. The molecule has 6 N–H and O–H groups in total. The molecule has 0 amide bonds. The predicted octanol–water partition coefficient (Wildman–Crippen LogP) is 6.19. The average Bonchev–Trinajstić information content (AvgIpc) is 3.30. The van der Waals surface area contributed by atoms with Gasteiger partial charge < -0.3 is 68.5 Å². The van der Waals surface area contributed by atoms with Crippen LogP contribution < -0.4 is 0 Å². The predicted molar refractivity (Wildman–Crippen MR) is 259 cm³/mol. The Balaban J connectivity index is 1.60. The van der Waals surface area contributed by atoms with E-state index in [4.69, 9.17) is 61.1 Å². The number of halogens is 2. The van der Waals surface area contributed by atoms with Gasteiger partial charge in [0.25, 0.3) is 0 Å². The lowest BCUT2D eigenvalue weighted by Crippen LogP contribution is -2.64. The van der Waals surface area contributed by atoms with E-state index in [1.54, 1.807) is 53.7 Å². The fourth-order valence-corrected chi connectivity index (χ4v) is 8.73. The topological polar surface area (TPSA) is 263 Å². The number of phenols is 2. The number of aliphatic hydroxyl groups excluding tert-OH is 4. The average molecular weight is 1040 g/mol. The Morgan fingerprint density at radius 2 is 1.56 bits per heavy atom. The molecule has 3 aliphatic rings. The van der Waals surface area contributed by atoms with Crippen LogP contribution in [0.25, 0.3) is 0 Å². The third-order valence-electron chi connectivity index (χ3n) is 12.7. The van der Waals surface area contributed by atoms with Crippen LogP contribution in [-0.2, 0) is 52.3 Å². The van der Waals surface area contributed by atoms with E-state index in [-0.39, 0.29) is 29.0 Å². The quantitative estimate of drug-likeness (QED) is 0.0774. The van der Waals surface area contributed by atoms with Crippen molar-refractivity contribution in [2.45, 2.75) is 175 Å². The Kier molecular flexibility index (Phi) is 21.5. The number of aromatic hydroxyl groups is 2. The first-order valence-electron chi connectivity index (χ1n) is 23.4. The molecule has 1 aromatic carbocycles. The lowest BCUT2D eigenvalue weighted by atomic mass is 9.88. The van der Waals surface area contributed by atoms with Gasteiger partial charge in [0, 0.05) is 19.4 Å². The standard InChI is InChI=1S/C51H70Cl2O18/c1-13-30-21-25(5)32(55)17-15-14-16-31(22-65-50-44(64-12)41(60)43(29(9)66-50)68-48(63)34-27(7)35(52)38(57)36(53)37(34)56)47(62)67-33(28(8)54)19-18-24(4)20-26(6)42(30)69-49-40(59)39(58)45(51(10,11)71-49)70-46(61)23(2)3/h14-16,18,20-21,23,29-30,32-33,39-45,49-50,55-60H,13,17,19,22H2,1-12H3/b15-14+,24-18+,25-21+,26-20+,31-16+/t29-,30+,32+,33+,39-,40+,41+,42+,43-,44+,45+,49-,50-/m1/s1. The van der Waals surface area contributed by atoms with Crippen molar-refractivity contribution in [2.24, 2.45) is 11.8 Å². The van der Waals surface area contributed by atoms with Gasteiger partial charge in [-0.25, -0.2) is 9.59 Å². The van der Waals surface area contributed by atoms with Crippen molar-refractivity contribution in [3.8, 4) is 11.5 Å². The number of Topliss-reactive ketones (excluding diaryl/α,β-unsaturated/α-hetero) is 1. The van der Waals surface area contributed by atoms with Gasteiger partial charge in [0.05, 0.1) is 41.4 Å². The molecule has 71 heavy (non-hydrogen) atoms. The second-order valence-corrected chi connectivity index (χ2v) is 19.7. The zero-order valence-electron chi connectivity index (χ0n) is 42.2. The number of ether oxygens (including phenoxy) is 8. The summed E-state index contributed by atoms with van der Waals surface area (Å²) in [6.07, 6.45) is -5.04. The number of ketones is 1. The summed E-state index contributed by atoms with van der Waals surface area (Å²) in [5.41, 5.74) is 0.0586. The minimum Gasteiger partial charge on any atom is -0.505 e. The molecule has 0 radical (unpaired) electrons. The molecule has 3 aliphatic heterocycles. The first-order chi connectivity index (χ1) is 33.2.